The van der Waals surface area contributed by atoms with Crippen LogP contribution in [0.2, 0.25) is 0 Å². The van der Waals surface area contributed by atoms with E-state index in [1.165, 1.54) is 41.3 Å². The van der Waals surface area contributed by atoms with Crippen LogP contribution in [0.25, 0.3) is 5.69 Å². The van der Waals surface area contributed by atoms with Gasteiger partial charge in [0.1, 0.15) is 11.6 Å². The van der Waals surface area contributed by atoms with E-state index >= 15 is 0 Å². The predicted molar refractivity (Wildman–Crippen MR) is 119 cm³/mol. The van der Waals surface area contributed by atoms with Crippen LogP contribution < -0.4 is 15.8 Å². The van der Waals surface area contributed by atoms with E-state index in [4.69, 9.17) is 0 Å². The number of rotatable bonds is 6. The summed E-state index contributed by atoms with van der Waals surface area (Å²) in [6.45, 7) is 2.01. The number of nitrogens with zero attached hydrogens (tertiary/aromatic N) is 3. The average Bonchev–Trinajstić information content (AvgIpc) is 2.80. The zero-order valence-corrected chi connectivity index (χ0v) is 17.7. The van der Waals surface area contributed by atoms with Crippen molar-refractivity contribution in [2.24, 2.45) is 5.92 Å². The fraction of sp³-hybridized carbons (Fsp3) is 0.458. The van der Waals surface area contributed by atoms with Gasteiger partial charge in [0.2, 0.25) is 5.91 Å². The van der Waals surface area contributed by atoms with Gasteiger partial charge in [-0.1, -0.05) is 17.7 Å². The second-order valence-electron chi connectivity index (χ2n) is 8.36. The molecule has 2 aromatic rings. The summed E-state index contributed by atoms with van der Waals surface area (Å²) >= 11 is 0. The molecule has 0 unspecified atom stereocenters. The smallest absolute Gasteiger partial charge is 0.271 e. The number of carbonyl (C=O) groups is 1. The van der Waals surface area contributed by atoms with Crippen molar-refractivity contribution in [1.29, 1.82) is 0 Å². The monoisotopic (exact) mass is 424 g/mol. The molecule has 2 aliphatic rings. The van der Waals surface area contributed by atoms with Gasteiger partial charge in [-0.05, 0) is 69.2 Å². The lowest BCUT2D eigenvalue weighted by Crippen LogP contribution is -2.44. The molecular formula is C24H29FN4O2. The molecule has 4 rings (SSSR count). The Morgan fingerprint density at radius 3 is 2.90 bits per heavy atom. The highest BCUT2D eigenvalue weighted by molar-refractivity contribution is 5.79. The third-order valence-corrected chi connectivity index (χ3v) is 6.09. The molecule has 1 fully saturated rings. The number of hydrogen-bond donors (Lipinski definition) is 1. The highest BCUT2D eigenvalue weighted by Crippen LogP contribution is 2.22. The van der Waals surface area contributed by atoms with Crippen molar-refractivity contribution in [1.82, 2.24) is 15.1 Å². The molecule has 164 valence electrons. The molecule has 1 aromatic carbocycles. The molecule has 0 saturated carbocycles. The molecule has 1 aliphatic heterocycles. The average molecular weight is 425 g/mol. The zero-order valence-electron chi connectivity index (χ0n) is 17.7. The molecule has 2 heterocycles. The first-order chi connectivity index (χ1) is 15.1. The fourth-order valence-electron chi connectivity index (χ4n) is 4.38. The summed E-state index contributed by atoms with van der Waals surface area (Å²) < 4.78 is 14.8. The van der Waals surface area contributed by atoms with Crippen LogP contribution in [-0.4, -0.2) is 35.3 Å². The van der Waals surface area contributed by atoms with Gasteiger partial charge in [-0.15, -0.1) is 5.10 Å². The first kappa shape index (κ1) is 21.3. The number of allylic oxidation sites excluding steroid dienone is 1. The maximum absolute atomic E-state index is 13.6. The summed E-state index contributed by atoms with van der Waals surface area (Å²) in [5.74, 6) is 0.175. The minimum Gasteiger partial charge on any atom is -0.355 e. The standard InChI is InChI=1S/C24H29FN4O2/c25-20-9-4-10-21(16-20)29-23(30)12-11-22(27-29)28-15-5-8-19(17-28)24(31)26-14-13-18-6-2-1-3-7-18/h4,6,9-12,16,19H,1-3,5,7-8,13-15,17H2,(H,26,31)/t19-/m1/s1. The Hall–Kier alpha value is -2.96. The van der Waals surface area contributed by atoms with E-state index in [-0.39, 0.29) is 17.4 Å². The van der Waals surface area contributed by atoms with Crippen LogP contribution in [-0.2, 0) is 4.79 Å². The van der Waals surface area contributed by atoms with E-state index in [9.17, 15) is 14.0 Å². The Morgan fingerprint density at radius 1 is 1.19 bits per heavy atom. The number of nitrogens with one attached hydrogen (secondary N) is 1. The molecule has 31 heavy (non-hydrogen) atoms. The zero-order chi connectivity index (χ0) is 21.6. The number of benzene rings is 1. The minimum absolute atomic E-state index is 0.0829. The summed E-state index contributed by atoms with van der Waals surface area (Å²) in [7, 11) is 0. The maximum Gasteiger partial charge on any atom is 0.271 e. The van der Waals surface area contributed by atoms with Gasteiger partial charge in [0.05, 0.1) is 11.6 Å². The van der Waals surface area contributed by atoms with E-state index in [1.54, 1.807) is 18.2 Å². The highest BCUT2D eigenvalue weighted by Gasteiger charge is 2.26. The minimum atomic E-state index is -0.421. The molecule has 1 N–H and O–H groups in total. The first-order valence-corrected chi connectivity index (χ1v) is 11.2. The van der Waals surface area contributed by atoms with Gasteiger partial charge in [-0.25, -0.2) is 4.39 Å². The second kappa shape index (κ2) is 9.90. The summed E-state index contributed by atoms with van der Waals surface area (Å²) in [5.41, 5.74) is 1.52. The van der Waals surface area contributed by atoms with Gasteiger partial charge in [-0.2, -0.15) is 4.68 Å². The summed E-state index contributed by atoms with van der Waals surface area (Å²) in [4.78, 5) is 27.0. The van der Waals surface area contributed by atoms with Crippen LogP contribution in [0.15, 0.2) is 52.8 Å². The number of hydrogen-bond acceptors (Lipinski definition) is 4. The molecule has 7 heteroatoms. The van der Waals surface area contributed by atoms with Crippen LogP contribution >= 0.6 is 0 Å². The SMILES string of the molecule is O=C(NCCC1=CCCCC1)[C@@H]1CCCN(c2ccc(=O)n(-c3cccc(F)c3)n2)C1. The number of piperidine rings is 1. The molecular weight excluding hydrogens is 395 g/mol. The third kappa shape index (κ3) is 5.40. The van der Waals surface area contributed by atoms with Gasteiger partial charge >= 0.3 is 0 Å². The normalized spacial score (nSPS) is 19.1. The van der Waals surface area contributed by atoms with Crippen molar-refractivity contribution < 1.29 is 9.18 Å². The van der Waals surface area contributed by atoms with Crippen LogP contribution in [0.3, 0.4) is 0 Å². The lowest BCUT2D eigenvalue weighted by Gasteiger charge is -2.33. The Morgan fingerprint density at radius 2 is 2.10 bits per heavy atom. The molecule has 1 atom stereocenters. The molecule has 6 nitrogen and oxygen atoms in total. The number of anilines is 1. The largest absolute Gasteiger partial charge is 0.355 e. The predicted octanol–water partition coefficient (Wildman–Crippen LogP) is 3.59. The van der Waals surface area contributed by atoms with Crippen molar-refractivity contribution in [2.75, 3.05) is 24.5 Å². The van der Waals surface area contributed by atoms with Gasteiger partial charge in [0, 0.05) is 25.7 Å². The van der Waals surface area contributed by atoms with E-state index in [0.717, 1.165) is 38.6 Å². The molecule has 0 radical (unpaired) electrons. The van der Waals surface area contributed by atoms with Crippen molar-refractivity contribution in [3.63, 3.8) is 0 Å². The van der Waals surface area contributed by atoms with E-state index in [2.05, 4.69) is 16.5 Å². The quantitative estimate of drug-likeness (QED) is 0.720. The fourth-order valence-corrected chi connectivity index (χ4v) is 4.38. The van der Waals surface area contributed by atoms with E-state index in [1.807, 2.05) is 4.90 Å². The van der Waals surface area contributed by atoms with Crippen LogP contribution in [0.4, 0.5) is 10.2 Å². The number of halogens is 1. The second-order valence-corrected chi connectivity index (χ2v) is 8.36. The van der Waals surface area contributed by atoms with Crippen LogP contribution in [0.1, 0.15) is 44.9 Å². The van der Waals surface area contributed by atoms with E-state index in [0.29, 0.717) is 24.6 Å². The molecule has 1 aliphatic carbocycles. The maximum atomic E-state index is 13.6. The number of carbonyl (C=O) groups excluding carboxylic acids is 1. The Balaban J connectivity index is 1.40. The summed E-state index contributed by atoms with van der Waals surface area (Å²) in [6, 6.07) is 8.93. The summed E-state index contributed by atoms with van der Waals surface area (Å²) in [6.07, 6.45) is 9.81. The Bertz CT molecular complexity index is 1020. The topological polar surface area (TPSA) is 67.2 Å². The van der Waals surface area contributed by atoms with Gasteiger partial charge in [-0.3, -0.25) is 9.59 Å². The third-order valence-electron chi connectivity index (χ3n) is 6.09. The van der Waals surface area contributed by atoms with Crippen molar-refractivity contribution in [2.45, 2.75) is 44.9 Å². The van der Waals surface area contributed by atoms with Crippen molar-refractivity contribution >= 4 is 11.7 Å². The Kier molecular flexibility index (Phi) is 6.79. The van der Waals surface area contributed by atoms with Crippen LogP contribution in [0, 0.1) is 11.7 Å². The lowest BCUT2D eigenvalue weighted by molar-refractivity contribution is -0.125. The van der Waals surface area contributed by atoms with E-state index < -0.39 is 5.82 Å². The summed E-state index contributed by atoms with van der Waals surface area (Å²) in [5, 5.41) is 7.55. The number of amides is 1. The molecule has 0 spiro atoms. The Labute approximate surface area is 181 Å². The molecule has 0 bridgehead atoms. The van der Waals surface area contributed by atoms with Crippen molar-refractivity contribution in [3.05, 3.63) is 64.2 Å². The molecule has 1 aromatic heterocycles. The van der Waals surface area contributed by atoms with Gasteiger partial charge in [0.15, 0.2) is 0 Å². The van der Waals surface area contributed by atoms with Crippen LogP contribution in [0.5, 0.6) is 0 Å². The van der Waals surface area contributed by atoms with Gasteiger partial charge in [0.25, 0.3) is 5.56 Å². The molecule has 1 saturated heterocycles. The van der Waals surface area contributed by atoms with Crippen molar-refractivity contribution in [3.8, 4) is 5.69 Å². The molecule has 1 amide bonds. The number of aromatic nitrogens is 2. The lowest BCUT2D eigenvalue weighted by atomic mass is 9.96. The first-order valence-electron chi connectivity index (χ1n) is 11.2. The van der Waals surface area contributed by atoms with Gasteiger partial charge < -0.3 is 10.2 Å². The highest BCUT2D eigenvalue weighted by atomic mass is 19.1.